The van der Waals surface area contributed by atoms with Crippen molar-refractivity contribution in [3.05, 3.63) is 11.3 Å². The number of aromatic nitrogens is 2. The van der Waals surface area contributed by atoms with Crippen LogP contribution < -0.4 is 5.32 Å². The summed E-state index contributed by atoms with van der Waals surface area (Å²) in [5, 5.41) is 9.93. The summed E-state index contributed by atoms with van der Waals surface area (Å²) in [7, 11) is -1.76. The average Bonchev–Trinajstić information content (AvgIpc) is 2.94. The van der Waals surface area contributed by atoms with Crippen molar-refractivity contribution in [3.8, 4) is 0 Å². The molecular formula is C12H20N4O3S. The highest BCUT2D eigenvalue weighted by Gasteiger charge is 2.41. The number of hydrogen-bond donors (Lipinski definition) is 2. The van der Waals surface area contributed by atoms with E-state index in [1.165, 1.54) is 4.31 Å². The predicted octanol–water partition coefficient (Wildman–Crippen LogP) is -0.0106. The van der Waals surface area contributed by atoms with Gasteiger partial charge < -0.3 is 10.1 Å². The molecule has 0 saturated carbocycles. The van der Waals surface area contributed by atoms with E-state index in [4.69, 9.17) is 4.74 Å². The smallest absolute Gasteiger partial charge is 0.262 e. The highest BCUT2D eigenvalue weighted by atomic mass is 32.2. The fourth-order valence-electron chi connectivity index (χ4n) is 2.92. The third-order valence-corrected chi connectivity index (χ3v) is 5.79. The molecule has 7 nitrogen and oxygen atoms in total. The van der Waals surface area contributed by atoms with Crippen molar-refractivity contribution in [1.82, 2.24) is 19.8 Å². The van der Waals surface area contributed by atoms with Gasteiger partial charge in [-0.05, 0) is 26.8 Å². The number of fused-ring (bicyclic) bond motifs is 2. The van der Waals surface area contributed by atoms with Crippen molar-refractivity contribution < 1.29 is 13.2 Å². The van der Waals surface area contributed by atoms with Gasteiger partial charge in [-0.15, -0.1) is 0 Å². The van der Waals surface area contributed by atoms with Crippen LogP contribution in [-0.4, -0.2) is 55.3 Å². The monoisotopic (exact) mass is 300 g/mol. The minimum Gasteiger partial charge on any atom is -0.372 e. The number of H-pyrrole nitrogens is 1. The van der Waals surface area contributed by atoms with Gasteiger partial charge in [-0.25, -0.2) is 8.42 Å². The molecule has 2 atom stereocenters. The first-order chi connectivity index (χ1) is 9.52. The maximum atomic E-state index is 12.8. The summed E-state index contributed by atoms with van der Waals surface area (Å²) in [4.78, 5) is 0. The fourth-order valence-corrected chi connectivity index (χ4v) is 4.59. The van der Waals surface area contributed by atoms with Crippen LogP contribution in [0, 0.1) is 6.92 Å². The van der Waals surface area contributed by atoms with Gasteiger partial charge in [0, 0.05) is 30.9 Å². The number of rotatable bonds is 4. The Morgan fingerprint density at radius 3 is 2.65 bits per heavy atom. The number of aromatic amines is 1. The Hall–Kier alpha value is -0.960. The number of hydrogen-bond acceptors (Lipinski definition) is 5. The molecule has 3 heterocycles. The molecule has 2 fully saturated rings. The van der Waals surface area contributed by atoms with Crippen LogP contribution in [0.15, 0.2) is 5.03 Å². The summed E-state index contributed by atoms with van der Waals surface area (Å²) in [6, 6.07) is 0. The third-order valence-electron chi connectivity index (χ3n) is 3.98. The van der Waals surface area contributed by atoms with Crippen LogP contribution in [0.3, 0.4) is 0 Å². The van der Waals surface area contributed by atoms with Gasteiger partial charge in [0.25, 0.3) is 10.0 Å². The Bertz CT molecular complexity index is 586. The van der Waals surface area contributed by atoms with Crippen molar-refractivity contribution in [1.29, 1.82) is 0 Å². The van der Waals surface area contributed by atoms with Crippen LogP contribution in [0.5, 0.6) is 0 Å². The highest BCUT2D eigenvalue weighted by molar-refractivity contribution is 7.89. The number of sulfonamides is 1. The van der Waals surface area contributed by atoms with Gasteiger partial charge >= 0.3 is 0 Å². The van der Waals surface area contributed by atoms with E-state index in [9.17, 15) is 8.42 Å². The normalized spacial score (nSPS) is 27.1. The molecule has 2 aliphatic rings. The molecule has 8 heteroatoms. The first-order valence-electron chi connectivity index (χ1n) is 6.86. The second-order valence-electron chi connectivity index (χ2n) is 5.44. The van der Waals surface area contributed by atoms with Gasteiger partial charge in [-0.1, -0.05) is 0 Å². The SMILES string of the molecule is CNCc1c(S(=O)(=O)N2CC3CCC(C2)O3)n[nH]c1C. The Labute approximate surface area is 118 Å². The van der Waals surface area contributed by atoms with Crippen molar-refractivity contribution in [2.45, 2.75) is 43.5 Å². The molecule has 1 aromatic heterocycles. The number of nitrogens with zero attached hydrogens (tertiary/aromatic N) is 2. The van der Waals surface area contributed by atoms with Crippen LogP contribution >= 0.6 is 0 Å². The summed E-state index contributed by atoms with van der Waals surface area (Å²) in [6.45, 7) is 3.18. The standard InChI is InChI=1S/C12H20N4O3S/c1-8-11(5-13-2)12(15-14-8)20(17,18)16-6-9-3-4-10(7-16)19-9/h9-10,13H,3-7H2,1-2H3,(H,14,15). The minimum atomic E-state index is -3.55. The molecule has 0 aromatic carbocycles. The average molecular weight is 300 g/mol. The molecule has 2 bridgehead atoms. The number of aryl methyl sites for hydroxylation is 1. The predicted molar refractivity (Wildman–Crippen MR) is 72.7 cm³/mol. The molecule has 0 radical (unpaired) electrons. The number of nitrogens with one attached hydrogen (secondary N) is 2. The van der Waals surface area contributed by atoms with E-state index in [1.54, 1.807) is 7.05 Å². The van der Waals surface area contributed by atoms with E-state index in [1.807, 2.05) is 6.92 Å². The Balaban J connectivity index is 1.92. The van der Waals surface area contributed by atoms with E-state index in [-0.39, 0.29) is 17.2 Å². The molecular weight excluding hydrogens is 280 g/mol. The summed E-state index contributed by atoms with van der Waals surface area (Å²) in [5.74, 6) is 0. The van der Waals surface area contributed by atoms with Gasteiger partial charge in [0.2, 0.25) is 0 Å². The molecule has 0 aliphatic carbocycles. The lowest BCUT2D eigenvalue weighted by Crippen LogP contribution is -2.46. The lowest BCUT2D eigenvalue weighted by Gasteiger charge is -2.30. The molecule has 2 saturated heterocycles. The van der Waals surface area contributed by atoms with Gasteiger partial charge in [0.15, 0.2) is 5.03 Å². The van der Waals surface area contributed by atoms with Gasteiger partial charge in [0.05, 0.1) is 12.2 Å². The van der Waals surface area contributed by atoms with E-state index in [2.05, 4.69) is 15.5 Å². The Morgan fingerprint density at radius 1 is 1.40 bits per heavy atom. The van der Waals surface area contributed by atoms with Crippen LogP contribution in [0.1, 0.15) is 24.1 Å². The van der Waals surface area contributed by atoms with Crippen molar-refractivity contribution in [3.63, 3.8) is 0 Å². The fraction of sp³-hybridized carbons (Fsp3) is 0.750. The molecule has 2 unspecified atom stereocenters. The van der Waals surface area contributed by atoms with Gasteiger partial charge in [-0.3, -0.25) is 5.10 Å². The molecule has 2 aliphatic heterocycles. The zero-order valence-electron chi connectivity index (χ0n) is 11.7. The minimum absolute atomic E-state index is 0.0383. The Kier molecular flexibility index (Phi) is 3.57. The number of morpholine rings is 1. The topological polar surface area (TPSA) is 87.3 Å². The van der Waals surface area contributed by atoms with Crippen molar-refractivity contribution in [2.75, 3.05) is 20.1 Å². The molecule has 0 amide bonds. The molecule has 112 valence electrons. The summed E-state index contributed by atoms with van der Waals surface area (Å²) >= 11 is 0. The highest BCUT2D eigenvalue weighted by Crippen LogP contribution is 2.30. The largest absolute Gasteiger partial charge is 0.372 e. The maximum absolute atomic E-state index is 12.8. The zero-order chi connectivity index (χ0) is 14.3. The lowest BCUT2D eigenvalue weighted by molar-refractivity contribution is -0.0115. The van der Waals surface area contributed by atoms with Gasteiger partial charge in [-0.2, -0.15) is 9.40 Å². The van der Waals surface area contributed by atoms with Crippen LogP contribution in [0.2, 0.25) is 0 Å². The van der Waals surface area contributed by atoms with E-state index in [0.29, 0.717) is 25.2 Å². The van der Waals surface area contributed by atoms with E-state index < -0.39 is 10.0 Å². The molecule has 2 N–H and O–H groups in total. The van der Waals surface area contributed by atoms with Crippen molar-refractivity contribution in [2.24, 2.45) is 0 Å². The maximum Gasteiger partial charge on any atom is 0.262 e. The molecule has 20 heavy (non-hydrogen) atoms. The second kappa shape index (κ2) is 5.10. The summed E-state index contributed by atoms with van der Waals surface area (Å²) in [5.41, 5.74) is 1.50. The zero-order valence-corrected chi connectivity index (χ0v) is 12.5. The van der Waals surface area contributed by atoms with E-state index in [0.717, 1.165) is 18.5 Å². The van der Waals surface area contributed by atoms with E-state index >= 15 is 0 Å². The van der Waals surface area contributed by atoms with Gasteiger partial charge in [0.1, 0.15) is 0 Å². The Morgan fingerprint density at radius 2 is 2.05 bits per heavy atom. The van der Waals surface area contributed by atoms with Crippen LogP contribution in [0.25, 0.3) is 0 Å². The molecule has 3 rings (SSSR count). The van der Waals surface area contributed by atoms with Crippen LogP contribution in [-0.2, 0) is 21.3 Å². The second-order valence-corrected chi connectivity index (χ2v) is 7.30. The molecule has 1 aromatic rings. The number of ether oxygens (including phenoxy) is 1. The first kappa shape index (κ1) is 14.0. The summed E-state index contributed by atoms with van der Waals surface area (Å²) < 4.78 is 32.8. The third kappa shape index (κ3) is 2.26. The lowest BCUT2D eigenvalue weighted by atomic mass is 10.2. The quantitative estimate of drug-likeness (QED) is 0.816. The first-order valence-corrected chi connectivity index (χ1v) is 8.30. The van der Waals surface area contributed by atoms with Crippen molar-refractivity contribution >= 4 is 10.0 Å². The molecule has 0 spiro atoms. The van der Waals surface area contributed by atoms with Crippen LogP contribution in [0.4, 0.5) is 0 Å². The summed E-state index contributed by atoms with van der Waals surface area (Å²) in [6.07, 6.45) is 1.96.